The molecular formula is C26H33N5O8. The lowest BCUT2D eigenvalue weighted by Crippen LogP contribution is -2.53. The molecule has 1 aromatic heterocycles. The molecule has 1 aliphatic rings. The summed E-state index contributed by atoms with van der Waals surface area (Å²) >= 11 is 0. The third-order valence-electron chi connectivity index (χ3n) is 5.68. The van der Waals surface area contributed by atoms with Gasteiger partial charge in [0.05, 0.1) is 28.8 Å². The first-order chi connectivity index (χ1) is 18.5. The Balaban J connectivity index is 2.29. The maximum absolute atomic E-state index is 13.7. The lowest BCUT2D eigenvalue weighted by atomic mass is 9.93. The number of carbonyl (C=O) groups excluding carboxylic acids is 2. The van der Waals surface area contributed by atoms with Gasteiger partial charge in [-0.2, -0.15) is 5.10 Å². The summed E-state index contributed by atoms with van der Waals surface area (Å²) in [6.45, 7) is 6.92. The van der Waals surface area contributed by atoms with E-state index in [4.69, 9.17) is 23.9 Å². The Kier molecular flexibility index (Phi) is 9.54. The van der Waals surface area contributed by atoms with Gasteiger partial charge in [0.25, 0.3) is 5.69 Å². The summed E-state index contributed by atoms with van der Waals surface area (Å²) in [5.41, 5.74) is -0.301. The van der Waals surface area contributed by atoms with Crippen LogP contribution in [0.2, 0.25) is 0 Å². The van der Waals surface area contributed by atoms with E-state index in [2.05, 4.69) is 5.10 Å². The van der Waals surface area contributed by atoms with E-state index in [0.717, 1.165) is 0 Å². The number of non-ortho nitro benzene ring substituents is 1. The van der Waals surface area contributed by atoms with E-state index in [9.17, 15) is 19.7 Å². The van der Waals surface area contributed by atoms with Gasteiger partial charge in [0.1, 0.15) is 5.60 Å². The van der Waals surface area contributed by atoms with Crippen LogP contribution in [0.5, 0.6) is 0 Å². The van der Waals surface area contributed by atoms with Crippen molar-refractivity contribution >= 4 is 29.4 Å². The maximum Gasteiger partial charge on any atom is 0.417 e. The zero-order valence-corrected chi connectivity index (χ0v) is 22.8. The van der Waals surface area contributed by atoms with Gasteiger partial charge >= 0.3 is 12.1 Å². The van der Waals surface area contributed by atoms with Gasteiger partial charge in [-0.1, -0.05) is 0 Å². The SMILES string of the molecule is CCOC(=O)C1=C(c2ccc([N+](=O)[O-])cc2)N=C(n2cccn2)N(C(=O)OC(C)(C)C)C1CCC(OC)OC. The number of carbonyl (C=O) groups is 2. The number of hydrogen-bond acceptors (Lipinski definition) is 10. The summed E-state index contributed by atoms with van der Waals surface area (Å²) in [6.07, 6.45) is 2.23. The van der Waals surface area contributed by atoms with E-state index in [1.807, 2.05) is 0 Å². The third kappa shape index (κ3) is 7.06. The van der Waals surface area contributed by atoms with Crippen molar-refractivity contribution in [1.29, 1.82) is 0 Å². The first kappa shape index (κ1) is 29.5. The second-order valence-corrected chi connectivity index (χ2v) is 9.49. The second kappa shape index (κ2) is 12.6. The molecule has 0 bridgehead atoms. The average Bonchev–Trinajstić information content (AvgIpc) is 3.42. The van der Waals surface area contributed by atoms with Gasteiger partial charge in [-0.3, -0.25) is 10.1 Å². The first-order valence-corrected chi connectivity index (χ1v) is 12.3. The predicted octanol–water partition coefficient (Wildman–Crippen LogP) is 3.99. The standard InChI is InChI=1S/C26H33N5O8/c1-7-38-23(32)21-19(13-14-20(36-5)37-6)30(25(33)39-26(2,3)4)24(29-16-8-15-27-29)28-22(21)17-9-11-18(12-10-17)31(34)35/h8-12,15-16,19-20H,7,13-14H2,1-6H3. The number of ether oxygens (including phenoxy) is 4. The molecule has 1 atom stereocenters. The smallest absolute Gasteiger partial charge is 0.417 e. The highest BCUT2D eigenvalue weighted by Gasteiger charge is 2.43. The minimum atomic E-state index is -0.936. The fourth-order valence-electron chi connectivity index (χ4n) is 4.01. The molecule has 1 amide bonds. The summed E-state index contributed by atoms with van der Waals surface area (Å²) in [6, 6.07) is 6.33. The number of rotatable bonds is 9. The molecule has 0 saturated carbocycles. The molecule has 0 saturated heterocycles. The fourth-order valence-corrected chi connectivity index (χ4v) is 4.01. The van der Waals surface area contributed by atoms with Crippen molar-refractivity contribution in [3.8, 4) is 0 Å². The van der Waals surface area contributed by atoms with Crippen LogP contribution in [0, 0.1) is 10.1 Å². The monoisotopic (exact) mass is 543 g/mol. The minimum Gasteiger partial charge on any atom is -0.463 e. The number of aromatic nitrogens is 2. The first-order valence-electron chi connectivity index (χ1n) is 12.3. The Morgan fingerprint density at radius 3 is 2.33 bits per heavy atom. The average molecular weight is 544 g/mol. The van der Waals surface area contributed by atoms with Crippen LogP contribution in [-0.4, -0.2) is 76.4 Å². The molecule has 2 aromatic rings. The van der Waals surface area contributed by atoms with Crippen molar-refractivity contribution in [2.75, 3.05) is 20.8 Å². The van der Waals surface area contributed by atoms with E-state index in [1.165, 1.54) is 54.3 Å². The molecule has 13 nitrogen and oxygen atoms in total. The predicted molar refractivity (Wildman–Crippen MR) is 141 cm³/mol. The number of hydrogen-bond donors (Lipinski definition) is 0. The molecule has 2 heterocycles. The van der Waals surface area contributed by atoms with Gasteiger partial charge in [0.15, 0.2) is 6.29 Å². The van der Waals surface area contributed by atoms with Gasteiger partial charge in [0, 0.05) is 50.7 Å². The van der Waals surface area contributed by atoms with E-state index >= 15 is 0 Å². The van der Waals surface area contributed by atoms with Crippen molar-refractivity contribution in [3.05, 3.63) is 64.0 Å². The highest BCUT2D eigenvalue weighted by atomic mass is 16.7. The molecular weight excluding hydrogens is 510 g/mol. The number of benzene rings is 1. The van der Waals surface area contributed by atoms with E-state index < -0.39 is 34.9 Å². The topological polar surface area (TPSA) is 148 Å². The second-order valence-electron chi connectivity index (χ2n) is 9.49. The number of nitro groups is 1. The van der Waals surface area contributed by atoms with Crippen LogP contribution < -0.4 is 0 Å². The summed E-state index contributed by atoms with van der Waals surface area (Å²) in [5.74, 6) is -0.619. The Labute approximate surface area is 226 Å². The summed E-state index contributed by atoms with van der Waals surface area (Å²) < 4.78 is 23.2. The number of aliphatic imine (C=N–C) groups is 1. The van der Waals surface area contributed by atoms with Gasteiger partial charge in [-0.05, 0) is 52.3 Å². The van der Waals surface area contributed by atoms with Crippen molar-refractivity contribution in [3.63, 3.8) is 0 Å². The number of nitrogens with zero attached hydrogens (tertiary/aromatic N) is 5. The normalized spacial score (nSPS) is 15.8. The highest BCUT2D eigenvalue weighted by molar-refractivity contribution is 6.08. The van der Waals surface area contributed by atoms with Crippen LogP contribution in [-0.2, 0) is 23.7 Å². The van der Waals surface area contributed by atoms with Crippen molar-refractivity contribution in [2.24, 2.45) is 4.99 Å². The van der Waals surface area contributed by atoms with E-state index in [1.54, 1.807) is 40.0 Å². The van der Waals surface area contributed by atoms with Crippen LogP contribution in [0.3, 0.4) is 0 Å². The molecule has 0 spiro atoms. The molecule has 39 heavy (non-hydrogen) atoms. The minimum absolute atomic E-state index is 0.0729. The summed E-state index contributed by atoms with van der Waals surface area (Å²) in [4.78, 5) is 43.8. The molecule has 1 unspecified atom stereocenters. The quantitative estimate of drug-likeness (QED) is 0.198. The van der Waals surface area contributed by atoms with Gasteiger partial charge in [-0.25, -0.2) is 24.2 Å². The van der Waals surface area contributed by atoms with Crippen LogP contribution in [0.4, 0.5) is 10.5 Å². The lowest BCUT2D eigenvalue weighted by Gasteiger charge is -2.38. The van der Waals surface area contributed by atoms with Crippen molar-refractivity contribution in [2.45, 2.75) is 58.5 Å². The van der Waals surface area contributed by atoms with Crippen molar-refractivity contribution in [1.82, 2.24) is 14.7 Å². The molecule has 0 radical (unpaired) electrons. The van der Waals surface area contributed by atoms with Gasteiger partial charge in [0.2, 0.25) is 5.96 Å². The van der Waals surface area contributed by atoms with Crippen LogP contribution >= 0.6 is 0 Å². The largest absolute Gasteiger partial charge is 0.463 e. The molecule has 13 heteroatoms. The highest BCUT2D eigenvalue weighted by Crippen LogP contribution is 2.35. The molecule has 3 rings (SSSR count). The molecule has 0 fully saturated rings. The van der Waals surface area contributed by atoms with E-state index in [-0.39, 0.29) is 35.9 Å². The van der Waals surface area contributed by atoms with Crippen LogP contribution in [0.1, 0.15) is 46.1 Å². The molecule has 210 valence electrons. The number of esters is 1. The zero-order valence-electron chi connectivity index (χ0n) is 22.8. The molecule has 1 aliphatic heterocycles. The Hall–Kier alpha value is -4.10. The lowest BCUT2D eigenvalue weighted by molar-refractivity contribution is -0.384. The van der Waals surface area contributed by atoms with Gasteiger partial charge < -0.3 is 18.9 Å². The van der Waals surface area contributed by atoms with Crippen LogP contribution in [0.15, 0.2) is 53.3 Å². The number of amides is 1. The third-order valence-corrected chi connectivity index (χ3v) is 5.68. The summed E-state index contributed by atoms with van der Waals surface area (Å²) in [5, 5.41) is 15.5. The molecule has 0 N–H and O–H groups in total. The fraction of sp³-hybridized carbons (Fsp3) is 0.462. The van der Waals surface area contributed by atoms with Crippen molar-refractivity contribution < 1.29 is 33.5 Å². The Bertz CT molecular complexity index is 1230. The Morgan fingerprint density at radius 1 is 1.15 bits per heavy atom. The summed E-state index contributed by atoms with van der Waals surface area (Å²) in [7, 11) is 2.98. The zero-order chi connectivity index (χ0) is 28.7. The molecule has 0 aliphatic carbocycles. The Morgan fingerprint density at radius 2 is 1.82 bits per heavy atom. The number of nitro benzene ring substituents is 1. The van der Waals surface area contributed by atoms with E-state index in [0.29, 0.717) is 12.0 Å². The number of methoxy groups -OCH3 is 2. The molecule has 1 aromatic carbocycles. The maximum atomic E-state index is 13.7. The van der Waals surface area contributed by atoms with Crippen LogP contribution in [0.25, 0.3) is 5.70 Å². The van der Waals surface area contributed by atoms with Gasteiger partial charge in [-0.15, -0.1) is 0 Å².